The van der Waals surface area contributed by atoms with Crippen LogP contribution in [0.5, 0.6) is 0 Å². The third kappa shape index (κ3) is 10.2. The van der Waals surface area contributed by atoms with Crippen LogP contribution < -0.4 is 0 Å². The highest BCUT2D eigenvalue weighted by molar-refractivity contribution is 6.67. The summed E-state index contributed by atoms with van der Waals surface area (Å²) in [6.07, 6.45) is -2.20. The second-order valence-corrected chi connectivity index (χ2v) is 9.29. The number of halogens is 3. The molecule has 3 atom stereocenters. The summed E-state index contributed by atoms with van der Waals surface area (Å²) >= 11 is 16.5. The van der Waals surface area contributed by atoms with Gasteiger partial charge >= 0.3 is 12.1 Å². The Balaban J connectivity index is 5.14. The molecule has 0 spiro atoms. The van der Waals surface area contributed by atoms with Crippen molar-refractivity contribution in [1.29, 1.82) is 0 Å². The van der Waals surface area contributed by atoms with Gasteiger partial charge in [-0.15, -0.1) is 6.58 Å². The maximum Gasteiger partial charge on any atom is 0.508 e. The number of carboxylic acid groups (broad SMARTS) is 1. The molecule has 0 amide bonds. The van der Waals surface area contributed by atoms with Gasteiger partial charge in [0.15, 0.2) is 0 Å². The number of alkyl halides is 3. The number of ether oxygens (including phenoxy) is 2. The van der Waals surface area contributed by atoms with Crippen molar-refractivity contribution in [2.24, 2.45) is 11.3 Å². The molecule has 156 valence electrons. The predicted octanol–water partition coefficient (Wildman–Crippen LogP) is 3.91. The number of carboxylic acids is 1. The van der Waals surface area contributed by atoms with E-state index in [4.69, 9.17) is 49.4 Å². The molecule has 0 aliphatic rings. The maximum atomic E-state index is 12.6. The molecule has 0 saturated heterocycles. The lowest BCUT2D eigenvalue weighted by Gasteiger charge is -2.31. The fourth-order valence-corrected chi connectivity index (χ4v) is 2.29. The van der Waals surface area contributed by atoms with Crippen molar-refractivity contribution in [2.45, 2.75) is 56.0 Å². The van der Waals surface area contributed by atoms with Gasteiger partial charge in [-0.1, -0.05) is 61.7 Å². The van der Waals surface area contributed by atoms with Crippen molar-refractivity contribution in [1.82, 2.24) is 0 Å². The smallest absolute Gasteiger partial charge is 0.481 e. The molecule has 0 unspecified atom stereocenters. The summed E-state index contributed by atoms with van der Waals surface area (Å²) in [5.74, 6) is -1.99. The van der Waals surface area contributed by atoms with Gasteiger partial charge < -0.3 is 19.7 Å². The van der Waals surface area contributed by atoms with Gasteiger partial charge in [0.25, 0.3) is 0 Å². The molecule has 27 heavy (non-hydrogen) atoms. The standard InChI is InChI=1S/C17H25Cl3O7/c1-5-6-10(2)11(27-15(25)26-9-17(18,19)20)7-12(21)16(3,4)13(22)8-14(23)24/h5,10-11,13,22H,1,6-9H2,2-4H3,(H,23,24)/t10-,11+,13-/m0/s1. The number of allylic oxidation sites excluding steroid dienone is 1. The molecule has 0 heterocycles. The molecule has 0 bridgehead atoms. The molecule has 0 fully saturated rings. The van der Waals surface area contributed by atoms with Crippen molar-refractivity contribution in [2.75, 3.05) is 6.61 Å². The summed E-state index contributed by atoms with van der Waals surface area (Å²) in [4.78, 5) is 35.3. The van der Waals surface area contributed by atoms with Crippen LogP contribution in [0.1, 0.15) is 40.0 Å². The van der Waals surface area contributed by atoms with Crippen molar-refractivity contribution >= 4 is 52.7 Å². The Kier molecular flexibility index (Phi) is 10.7. The highest BCUT2D eigenvalue weighted by Gasteiger charge is 2.39. The molecule has 0 aromatic carbocycles. The highest BCUT2D eigenvalue weighted by Crippen LogP contribution is 2.30. The monoisotopic (exact) mass is 446 g/mol. The first-order valence-corrected chi connectivity index (χ1v) is 9.28. The van der Waals surface area contributed by atoms with Crippen LogP contribution in [0.2, 0.25) is 0 Å². The number of aliphatic hydroxyl groups excluding tert-OH is 1. The van der Waals surface area contributed by atoms with E-state index in [1.807, 2.05) is 0 Å². The topological polar surface area (TPSA) is 110 Å². The van der Waals surface area contributed by atoms with E-state index in [9.17, 15) is 19.5 Å². The van der Waals surface area contributed by atoms with E-state index in [2.05, 4.69) is 6.58 Å². The van der Waals surface area contributed by atoms with E-state index < -0.39 is 52.4 Å². The number of carbonyl (C=O) groups is 3. The summed E-state index contributed by atoms with van der Waals surface area (Å²) < 4.78 is 8.09. The summed E-state index contributed by atoms with van der Waals surface area (Å²) in [5, 5.41) is 18.8. The Labute approximate surface area is 173 Å². The number of aliphatic carboxylic acids is 1. The minimum Gasteiger partial charge on any atom is -0.481 e. The Morgan fingerprint density at radius 1 is 1.19 bits per heavy atom. The number of hydrogen-bond acceptors (Lipinski definition) is 6. The zero-order valence-electron chi connectivity index (χ0n) is 15.4. The molecular weight excluding hydrogens is 423 g/mol. The molecular formula is C17H25Cl3O7. The largest absolute Gasteiger partial charge is 0.508 e. The second kappa shape index (κ2) is 11.1. The molecule has 0 aliphatic carbocycles. The van der Waals surface area contributed by atoms with Crippen LogP contribution in [0.25, 0.3) is 0 Å². The van der Waals surface area contributed by atoms with Crippen LogP contribution >= 0.6 is 34.8 Å². The van der Waals surface area contributed by atoms with Crippen molar-refractivity contribution in [3.05, 3.63) is 12.7 Å². The average molecular weight is 448 g/mol. The van der Waals surface area contributed by atoms with E-state index in [0.717, 1.165) is 0 Å². The molecule has 0 aromatic rings. The van der Waals surface area contributed by atoms with Crippen LogP contribution in [0.15, 0.2) is 12.7 Å². The maximum absolute atomic E-state index is 12.6. The van der Waals surface area contributed by atoms with Crippen LogP contribution in [-0.4, -0.2) is 50.7 Å². The molecule has 2 N–H and O–H groups in total. The fraction of sp³-hybridized carbons (Fsp3) is 0.706. The van der Waals surface area contributed by atoms with E-state index in [-0.39, 0.29) is 12.3 Å². The van der Waals surface area contributed by atoms with Gasteiger partial charge in [0, 0.05) is 11.8 Å². The van der Waals surface area contributed by atoms with Crippen LogP contribution in [0, 0.1) is 11.3 Å². The van der Waals surface area contributed by atoms with Crippen LogP contribution in [0.3, 0.4) is 0 Å². The lowest BCUT2D eigenvalue weighted by molar-refractivity contribution is -0.144. The number of rotatable bonds is 11. The van der Waals surface area contributed by atoms with Gasteiger partial charge in [0.1, 0.15) is 18.5 Å². The van der Waals surface area contributed by atoms with Crippen LogP contribution in [-0.2, 0) is 19.1 Å². The highest BCUT2D eigenvalue weighted by atomic mass is 35.6. The number of carbonyl (C=O) groups excluding carboxylic acids is 2. The molecule has 10 heteroatoms. The van der Waals surface area contributed by atoms with Gasteiger partial charge in [-0.05, 0) is 12.3 Å². The van der Waals surface area contributed by atoms with E-state index >= 15 is 0 Å². The van der Waals surface area contributed by atoms with Crippen LogP contribution in [0.4, 0.5) is 4.79 Å². The molecule has 0 aliphatic heterocycles. The quantitative estimate of drug-likeness (QED) is 0.281. The van der Waals surface area contributed by atoms with E-state index in [0.29, 0.717) is 6.42 Å². The first-order valence-electron chi connectivity index (χ1n) is 8.15. The molecule has 7 nitrogen and oxygen atoms in total. The van der Waals surface area contributed by atoms with E-state index in [1.165, 1.54) is 13.8 Å². The van der Waals surface area contributed by atoms with Gasteiger partial charge in [-0.2, -0.15) is 0 Å². The SMILES string of the molecule is C=CC[C@H](C)[C@@H](CC(=O)C(C)(C)[C@@H](O)CC(=O)O)OC(=O)OCC(Cl)(Cl)Cl. The lowest BCUT2D eigenvalue weighted by Crippen LogP contribution is -2.41. The van der Waals surface area contributed by atoms with Gasteiger partial charge in [0.2, 0.25) is 3.79 Å². The number of Topliss-reactive ketones (excluding diaryl/α,β-unsaturated/α-hetero) is 1. The third-order valence-corrected chi connectivity index (χ3v) is 4.41. The van der Waals surface area contributed by atoms with Gasteiger partial charge in [-0.3, -0.25) is 9.59 Å². The molecule has 0 saturated carbocycles. The van der Waals surface area contributed by atoms with Crippen molar-refractivity contribution in [3.63, 3.8) is 0 Å². The summed E-state index contributed by atoms with van der Waals surface area (Å²) in [7, 11) is 0. The molecule has 0 radical (unpaired) electrons. The summed E-state index contributed by atoms with van der Waals surface area (Å²) in [5.41, 5.74) is -1.35. The first-order chi connectivity index (χ1) is 12.2. The average Bonchev–Trinajstić information content (AvgIpc) is 2.50. The molecule has 0 rings (SSSR count). The minimum atomic E-state index is -1.81. The normalized spacial score (nSPS) is 15.4. The summed E-state index contributed by atoms with van der Waals surface area (Å²) in [6, 6.07) is 0. The zero-order chi connectivity index (χ0) is 21.4. The Morgan fingerprint density at radius 2 is 1.74 bits per heavy atom. The number of hydrogen-bond donors (Lipinski definition) is 2. The Morgan fingerprint density at radius 3 is 2.19 bits per heavy atom. The Hall–Kier alpha value is -1.02. The zero-order valence-corrected chi connectivity index (χ0v) is 17.7. The Bertz CT molecular complexity index is 543. The first kappa shape index (κ1) is 26.0. The minimum absolute atomic E-state index is 0.248. The predicted molar refractivity (Wildman–Crippen MR) is 102 cm³/mol. The van der Waals surface area contributed by atoms with Crippen molar-refractivity contribution < 1.29 is 34.1 Å². The van der Waals surface area contributed by atoms with Gasteiger partial charge in [-0.25, -0.2) is 4.79 Å². The summed E-state index contributed by atoms with van der Waals surface area (Å²) in [6.45, 7) is 7.67. The number of ketones is 1. The second-order valence-electron chi connectivity index (χ2n) is 6.77. The van der Waals surface area contributed by atoms with E-state index in [1.54, 1.807) is 13.0 Å². The fourth-order valence-electron chi connectivity index (χ4n) is 2.12. The third-order valence-electron chi connectivity index (χ3n) is 4.08. The number of aliphatic hydroxyl groups is 1. The lowest BCUT2D eigenvalue weighted by atomic mass is 9.77. The van der Waals surface area contributed by atoms with Crippen molar-refractivity contribution in [3.8, 4) is 0 Å². The molecule has 0 aromatic heterocycles. The van der Waals surface area contributed by atoms with Gasteiger partial charge in [0.05, 0.1) is 12.5 Å².